The van der Waals surface area contributed by atoms with Crippen LogP contribution in [0.3, 0.4) is 0 Å². The van der Waals surface area contributed by atoms with E-state index in [-0.39, 0.29) is 11.7 Å². The minimum atomic E-state index is -3.46. The lowest BCUT2D eigenvalue weighted by Gasteiger charge is -2.18. The number of rotatable bonds is 6. The molecule has 0 amide bonds. The molecule has 1 saturated heterocycles. The van der Waals surface area contributed by atoms with Gasteiger partial charge in [0.05, 0.1) is 25.9 Å². The monoisotopic (exact) mass is 341 g/mol. The topological polar surface area (TPSA) is 72.9 Å². The van der Waals surface area contributed by atoms with E-state index in [9.17, 15) is 13.2 Å². The summed E-state index contributed by atoms with van der Waals surface area (Å²) >= 11 is 0. The van der Waals surface area contributed by atoms with Crippen molar-refractivity contribution >= 4 is 16.0 Å². The summed E-state index contributed by atoms with van der Waals surface area (Å²) in [6, 6.07) is 7.70. The molecule has 0 bridgehead atoms. The number of hydrogen-bond acceptors (Lipinski definition) is 5. The van der Waals surface area contributed by atoms with Crippen molar-refractivity contribution < 1.29 is 22.7 Å². The maximum absolute atomic E-state index is 12.4. The SMILES string of the molecule is COC(=O)[C@@H](C)CS(=O)(=O)N1CC[C@@H](c2ccc(OC)cc2)C1. The van der Waals surface area contributed by atoms with Crippen LogP contribution in [0.5, 0.6) is 5.75 Å². The molecule has 1 aromatic rings. The van der Waals surface area contributed by atoms with Gasteiger partial charge in [-0.05, 0) is 30.0 Å². The number of hydrogen-bond donors (Lipinski definition) is 0. The Hall–Kier alpha value is -1.60. The van der Waals surface area contributed by atoms with E-state index >= 15 is 0 Å². The van der Waals surface area contributed by atoms with Crippen LogP contribution in [0, 0.1) is 5.92 Å². The average molecular weight is 341 g/mol. The first-order chi connectivity index (χ1) is 10.9. The van der Waals surface area contributed by atoms with E-state index in [1.165, 1.54) is 11.4 Å². The van der Waals surface area contributed by atoms with Gasteiger partial charge in [0.25, 0.3) is 0 Å². The van der Waals surface area contributed by atoms with Crippen molar-refractivity contribution in [2.75, 3.05) is 33.1 Å². The highest BCUT2D eigenvalue weighted by Crippen LogP contribution is 2.30. The van der Waals surface area contributed by atoms with Crippen molar-refractivity contribution in [1.29, 1.82) is 0 Å². The lowest BCUT2D eigenvalue weighted by atomic mass is 9.99. The van der Waals surface area contributed by atoms with Crippen LogP contribution in [0.2, 0.25) is 0 Å². The number of carbonyl (C=O) groups excluding carboxylic acids is 1. The van der Waals surface area contributed by atoms with Crippen LogP contribution >= 0.6 is 0 Å². The number of ether oxygens (including phenoxy) is 2. The summed E-state index contributed by atoms with van der Waals surface area (Å²) in [6.45, 7) is 2.50. The zero-order valence-electron chi connectivity index (χ0n) is 13.7. The van der Waals surface area contributed by atoms with Gasteiger partial charge in [0.15, 0.2) is 0 Å². The molecule has 0 spiro atoms. The van der Waals surface area contributed by atoms with E-state index < -0.39 is 21.9 Å². The Morgan fingerprint density at radius 2 is 1.96 bits per heavy atom. The highest BCUT2D eigenvalue weighted by atomic mass is 32.2. The molecule has 6 nitrogen and oxygen atoms in total. The number of carbonyl (C=O) groups is 1. The largest absolute Gasteiger partial charge is 0.497 e. The summed E-state index contributed by atoms with van der Waals surface area (Å²) in [4.78, 5) is 11.4. The van der Waals surface area contributed by atoms with E-state index in [4.69, 9.17) is 4.74 Å². The number of benzene rings is 1. The molecule has 1 fully saturated rings. The van der Waals surface area contributed by atoms with E-state index in [1.54, 1.807) is 14.0 Å². The first kappa shape index (κ1) is 17.7. The van der Waals surface area contributed by atoms with Crippen LogP contribution in [-0.4, -0.2) is 51.8 Å². The standard InChI is InChI=1S/C16H23NO5S/c1-12(16(18)22-3)11-23(19,20)17-9-8-14(10-17)13-4-6-15(21-2)7-5-13/h4-7,12,14H,8-11H2,1-3H3/t12-,14+/m0/s1. The van der Waals surface area contributed by atoms with Crippen LogP contribution < -0.4 is 4.74 Å². The fraction of sp³-hybridized carbons (Fsp3) is 0.562. The predicted octanol–water partition coefficient (Wildman–Crippen LogP) is 1.62. The third kappa shape index (κ3) is 4.23. The maximum Gasteiger partial charge on any atom is 0.309 e. The predicted molar refractivity (Wildman–Crippen MR) is 86.9 cm³/mol. The van der Waals surface area contributed by atoms with Gasteiger partial charge in [0, 0.05) is 13.1 Å². The Kier molecular flexibility index (Phi) is 5.64. The zero-order chi connectivity index (χ0) is 17.0. The second-order valence-electron chi connectivity index (χ2n) is 5.82. The number of sulfonamides is 1. The molecule has 0 saturated carbocycles. The van der Waals surface area contributed by atoms with Gasteiger partial charge in [-0.1, -0.05) is 19.1 Å². The molecule has 0 aromatic heterocycles. The second-order valence-corrected chi connectivity index (χ2v) is 7.83. The fourth-order valence-electron chi connectivity index (χ4n) is 2.82. The first-order valence-electron chi connectivity index (χ1n) is 7.57. The molecule has 1 heterocycles. The van der Waals surface area contributed by atoms with Crippen molar-refractivity contribution in [1.82, 2.24) is 4.31 Å². The lowest BCUT2D eigenvalue weighted by Crippen LogP contribution is -2.35. The summed E-state index contributed by atoms with van der Waals surface area (Å²) in [5.74, 6) is -0.425. The summed E-state index contributed by atoms with van der Waals surface area (Å²) in [5, 5.41) is 0. The Bertz CT molecular complexity index is 641. The zero-order valence-corrected chi connectivity index (χ0v) is 14.5. The lowest BCUT2D eigenvalue weighted by molar-refractivity contribution is -0.144. The van der Waals surface area contributed by atoms with Crippen LogP contribution in [0.4, 0.5) is 0 Å². The highest BCUT2D eigenvalue weighted by molar-refractivity contribution is 7.89. The van der Waals surface area contributed by atoms with E-state index in [2.05, 4.69) is 4.74 Å². The van der Waals surface area contributed by atoms with Crippen molar-refractivity contribution in [3.05, 3.63) is 29.8 Å². The van der Waals surface area contributed by atoms with E-state index in [0.29, 0.717) is 13.1 Å². The number of esters is 1. The second kappa shape index (κ2) is 7.31. The van der Waals surface area contributed by atoms with Gasteiger partial charge < -0.3 is 9.47 Å². The van der Waals surface area contributed by atoms with E-state index in [1.807, 2.05) is 24.3 Å². The normalized spacial score (nSPS) is 20.2. The molecule has 1 aliphatic heterocycles. The fourth-order valence-corrected chi connectivity index (χ4v) is 4.59. The van der Waals surface area contributed by atoms with Crippen molar-refractivity contribution in [2.45, 2.75) is 19.3 Å². The van der Waals surface area contributed by atoms with Gasteiger partial charge >= 0.3 is 5.97 Å². The quantitative estimate of drug-likeness (QED) is 0.735. The number of nitrogens with zero attached hydrogens (tertiary/aromatic N) is 1. The highest BCUT2D eigenvalue weighted by Gasteiger charge is 2.34. The summed E-state index contributed by atoms with van der Waals surface area (Å²) in [5.41, 5.74) is 1.10. The molecule has 1 aromatic carbocycles. The minimum Gasteiger partial charge on any atom is -0.497 e. The Labute approximate surface area is 137 Å². The molecule has 0 radical (unpaired) electrons. The minimum absolute atomic E-state index is 0.170. The van der Waals surface area contributed by atoms with Gasteiger partial charge in [0.2, 0.25) is 10.0 Å². The van der Waals surface area contributed by atoms with Gasteiger partial charge in [-0.25, -0.2) is 12.7 Å². The van der Waals surface area contributed by atoms with Gasteiger partial charge in [-0.2, -0.15) is 0 Å². The molecule has 0 unspecified atom stereocenters. The molecule has 23 heavy (non-hydrogen) atoms. The van der Waals surface area contributed by atoms with E-state index in [0.717, 1.165) is 17.7 Å². The molecule has 128 valence electrons. The molecule has 0 aliphatic carbocycles. The van der Waals surface area contributed by atoms with Gasteiger partial charge in [0.1, 0.15) is 5.75 Å². The summed E-state index contributed by atoms with van der Waals surface area (Å²) in [7, 11) is -0.583. The van der Waals surface area contributed by atoms with Crippen molar-refractivity contribution in [2.24, 2.45) is 5.92 Å². The molecule has 0 N–H and O–H groups in total. The van der Waals surface area contributed by atoms with Crippen LogP contribution in [-0.2, 0) is 19.6 Å². The summed E-state index contributed by atoms with van der Waals surface area (Å²) < 4.78 is 36.1. The number of methoxy groups -OCH3 is 2. The smallest absolute Gasteiger partial charge is 0.309 e. The maximum atomic E-state index is 12.4. The Morgan fingerprint density at radius 1 is 1.30 bits per heavy atom. The Morgan fingerprint density at radius 3 is 2.52 bits per heavy atom. The van der Waals surface area contributed by atoms with Crippen LogP contribution in [0.25, 0.3) is 0 Å². The molecular weight excluding hydrogens is 318 g/mol. The molecule has 7 heteroatoms. The Balaban J connectivity index is 2.01. The third-order valence-electron chi connectivity index (χ3n) is 4.20. The van der Waals surface area contributed by atoms with Crippen molar-refractivity contribution in [3.63, 3.8) is 0 Å². The van der Waals surface area contributed by atoms with Crippen molar-refractivity contribution in [3.8, 4) is 5.75 Å². The third-order valence-corrected chi connectivity index (χ3v) is 6.24. The average Bonchev–Trinajstić information content (AvgIpc) is 3.04. The van der Waals surface area contributed by atoms with Gasteiger partial charge in [-0.3, -0.25) is 4.79 Å². The van der Waals surface area contributed by atoms with Crippen LogP contribution in [0.1, 0.15) is 24.8 Å². The molecule has 2 atom stereocenters. The molecule has 1 aliphatic rings. The van der Waals surface area contributed by atoms with Crippen LogP contribution in [0.15, 0.2) is 24.3 Å². The first-order valence-corrected chi connectivity index (χ1v) is 9.18. The molecular formula is C16H23NO5S. The summed E-state index contributed by atoms with van der Waals surface area (Å²) in [6.07, 6.45) is 0.776. The molecule has 2 rings (SSSR count). The van der Waals surface area contributed by atoms with Gasteiger partial charge in [-0.15, -0.1) is 0 Å².